The molecule has 0 saturated carbocycles. The second-order valence-electron chi connectivity index (χ2n) is 3.52. The molecule has 0 N–H and O–H groups in total. The molecule has 0 nitrogen and oxygen atoms in total. The monoisotopic (exact) mass is 200 g/mol. The van der Waals surface area contributed by atoms with Crippen molar-refractivity contribution in [3.63, 3.8) is 0 Å². The number of hydrogen-bond donors (Lipinski definition) is 0. The van der Waals surface area contributed by atoms with E-state index in [-0.39, 0.29) is 0 Å². The van der Waals surface area contributed by atoms with Crippen LogP contribution in [-0.4, -0.2) is 0 Å². The first-order valence-corrected chi connectivity index (χ1v) is 5.72. The molecule has 0 bridgehead atoms. The third-order valence-corrected chi connectivity index (χ3v) is 2.68. The lowest BCUT2D eigenvalue weighted by molar-refractivity contribution is 0.858. The van der Waals surface area contributed by atoms with Crippen molar-refractivity contribution in [2.45, 2.75) is 27.7 Å². The van der Waals surface area contributed by atoms with E-state index in [1.807, 2.05) is 13.8 Å². The SMILES string of the molecule is C/C=C1/C=CC=C2C=CC=C(C)C21.CC. The number of rotatable bonds is 0. The lowest BCUT2D eigenvalue weighted by atomic mass is 9.79. The molecule has 0 aromatic heterocycles. The van der Waals surface area contributed by atoms with Crippen molar-refractivity contribution in [3.05, 3.63) is 59.3 Å². The molecular formula is C15H20. The molecular weight excluding hydrogens is 180 g/mol. The Morgan fingerprint density at radius 2 is 1.73 bits per heavy atom. The van der Waals surface area contributed by atoms with Gasteiger partial charge in [0.25, 0.3) is 0 Å². The highest BCUT2D eigenvalue weighted by molar-refractivity contribution is 5.51. The Balaban J connectivity index is 0.000000531. The van der Waals surface area contributed by atoms with E-state index >= 15 is 0 Å². The van der Waals surface area contributed by atoms with Crippen LogP contribution in [0.15, 0.2) is 59.3 Å². The van der Waals surface area contributed by atoms with Crippen molar-refractivity contribution >= 4 is 0 Å². The zero-order valence-corrected chi connectivity index (χ0v) is 10.1. The van der Waals surface area contributed by atoms with Crippen molar-refractivity contribution in [2.24, 2.45) is 5.92 Å². The second kappa shape index (κ2) is 5.55. The molecule has 0 spiro atoms. The van der Waals surface area contributed by atoms with Gasteiger partial charge in [-0.25, -0.2) is 0 Å². The molecule has 2 aliphatic carbocycles. The van der Waals surface area contributed by atoms with Crippen LogP contribution < -0.4 is 0 Å². The first-order chi connectivity index (χ1) is 7.33. The summed E-state index contributed by atoms with van der Waals surface area (Å²) in [6.45, 7) is 8.30. The molecule has 0 aliphatic heterocycles. The van der Waals surface area contributed by atoms with Gasteiger partial charge in [-0.3, -0.25) is 0 Å². The molecule has 15 heavy (non-hydrogen) atoms. The van der Waals surface area contributed by atoms with Crippen molar-refractivity contribution in [2.75, 3.05) is 0 Å². The smallest absolute Gasteiger partial charge is 0.0296 e. The molecule has 80 valence electrons. The maximum atomic E-state index is 2.20. The average molecular weight is 200 g/mol. The lowest BCUT2D eigenvalue weighted by Crippen LogP contribution is -2.11. The molecule has 0 amide bonds. The minimum Gasteiger partial charge on any atom is -0.0835 e. The highest BCUT2D eigenvalue weighted by Crippen LogP contribution is 2.34. The zero-order valence-electron chi connectivity index (χ0n) is 10.1. The second-order valence-corrected chi connectivity index (χ2v) is 3.52. The van der Waals surface area contributed by atoms with E-state index in [4.69, 9.17) is 0 Å². The fourth-order valence-corrected chi connectivity index (χ4v) is 2.00. The summed E-state index contributed by atoms with van der Waals surface area (Å²) in [6, 6.07) is 0. The zero-order chi connectivity index (χ0) is 11.3. The van der Waals surface area contributed by atoms with Crippen molar-refractivity contribution in [3.8, 4) is 0 Å². The molecule has 2 rings (SSSR count). The van der Waals surface area contributed by atoms with Gasteiger partial charge in [-0.15, -0.1) is 0 Å². The lowest BCUT2D eigenvalue weighted by Gasteiger charge is -2.25. The van der Waals surface area contributed by atoms with Gasteiger partial charge in [-0.05, 0) is 25.0 Å². The molecule has 0 heteroatoms. The van der Waals surface area contributed by atoms with Gasteiger partial charge in [0.15, 0.2) is 0 Å². The van der Waals surface area contributed by atoms with Crippen LogP contribution in [0.5, 0.6) is 0 Å². The third kappa shape index (κ3) is 2.38. The number of hydrogen-bond acceptors (Lipinski definition) is 0. The Labute approximate surface area is 93.4 Å². The fraction of sp³-hybridized carbons (Fsp3) is 0.333. The van der Waals surface area contributed by atoms with Crippen molar-refractivity contribution in [1.29, 1.82) is 0 Å². The normalized spacial score (nSPS) is 25.1. The van der Waals surface area contributed by atoms with E-state index in [0.717, 1.165) is 0 Å². The topological polar surface area (TPSA) is 0 Å². The first kappa shape index (κ1) is 11.8. The minimum absolute atomic E-state index is 0.514. The standard InChI is InChI=1S/C13H14.C2H6/c1-3-11-7-5-9-12-8-4-6-10(2)13(11)12;1-2/h3-9,13H,1-2H3;1-2H3/b11-3-;. The van der Waals surface area contributed by atoms with Gasteiger partial charge in [-0.1, -0.05) is 62.0 Å². The van der Waals surface area contributed by atoms with Crippen molar-refractivity contribution in [1.82, 2.24) is 0 Å². The van der Waals surface area contributed by atoms with E-state index in [1.54, 1.807) is 0 Å². The summed E-state index contributed by atoms with van der Waals surface area (Å²) < 4.78 is 0. The summed E-state index contributed by atoms with van der Waals surface area (Å²) in [7, 11) is 0. The van der Waals surface area contributed by atoms with Crippen LogP contribution in [0, 0.1) is 5.92 Å². The van der Waals surface area contributed by atoms with Crippen LogP contribution >= 0.6 is 0 Å². The summed E-state index contributed by atoms with van der Waals surface area (Å²) in [4.78, 5) is 0. The number of allylic oxidation sites excluding steroid dienone is 10. The van der Waals surface area contributed by atoms with Gasteiger partial charge in [0.2, 0.25) is 0 Å². The molecule has 0 heterocycles. The fourth-order valence-electron chi connectivity index (χ4n) is 2.00. The quantitative estimate of drug-likeness (QED) is 0.536. The summed E-state index contributed by atoms with van der Waals surface area (Å²) in [5, 5.41) is 0. The van der Waals surface area contributed by atoms with E-state index in [9.17, 15) is 0 Å². The Morgan fingerprint density at radius 3 is 2.40 bits per heavy atom. The van der Waals surface area contributed by atoms with E-state index in [2.05, 4.69) is 56.4 Å². The molecule has 2 aliphatic rings. The van der Waals surface area contributed by atoms with E-state index in [0.29, 0.717) is 5.92 Å². The van der Waals surface area contributed by atoms with Crippen LogP contribution in [0.3, 0.4) is 0 Å². The van der Waals surface area contributed by atoms with E-state index < -0.39 is 0 Å². The van der Waals surface area contributed by atoms with Crippen LogP contribution in [0.25, 0.3) is 0 Å². The van der Waals surface area contributed by atoms with Crippen LogP contribution in [0.1, 0.15) is 27.7 Å². The summed E-state index contributed by atoms with van der Waals surface area (Å²) >= 11 is 0. The van der Waals surface area contributed by atoms with Gasteiger partial charge >= 0.3 is 0 Å². The Morgan fingerprint density at radius 1 is 1.07 bits per heavy atom. The third-order valence-electron chi connectivity index (χ3n) is 2.68. The Hall–Kier alpha value is -1.30. The maximum Gasteiger partial charge on any atom is 0.0296 e. The highest BCUT2D eigenvalue weighted by atomic mass is 14.2. The van der Waals surface area contributed by atoms with Gasteiger partial charge in [0, 0.05) is 5.92 Å². The Bertz CT molecular complexity index is 359. The molecule has 1 unspecified atom stereocenters. The predicted octanol–water partition coefficient (Wildman–Crippen LogP) is 4.59. The van der Waals surface area contributed by atoms with Crippen LogP contribution in [0.2, 0.25) is 0 Å². The predicted molar refractivity (Wildman–Crippen MR) is 68.7 cm³/mol. The van der Waals surface area contributed by atoms with Gasteiger partial charge in [-0.2, -0.15) is 0 Å². The van der Waals surface area contributed by atoms with E-state index in [1.165, 1.54) is 16.7 Å². The maximum absolute atomic E-state index is 2.20. The summed E-state index contributed by atoms with van der Waals surface area (Å²) in [6.07, 6.45) is 15.3. The van der Waals surface area contributed by atoms with Crippen LogP contribution in [0.4, 0.5) is 0 Å². The van der Waals surface area contributed by atoms with Crippen molar-refractivity contribution < 1.29 is 0 Å². The minimum atomic E-state index is 0.514. The Kier molecular flexibility index (Phi) is 4.36. The summed E-state index contributed by atoms with van der Waals surface area (Å²) in [5.41, 5.74) is 4.26. The number of fused-ring (bicyclic) bond motifs is 1. The van der Waals surface area contributed by atoms with Gasteiger partial charge < -0.3 is 0 Å². The largest absolute Gasteiger partial charge is 0.0835 e. The first-order valence-electron chi connectivity index (χ1n) is 5.72. The molecule has 0 aromatic carbocycles. The van der Waals surface area contributed by atoms with Gasteiger partial charge in [0.1, 0.15) is 0 Å². The molecule has 0 radical (unpaired) electrons. The summed E-state index contributed by atoms with van der Waals surface area (Å²) in [5.74, 6) is 0.514. The molecule has 0 aromatic rings. The van der Waals surface area contributed by atoms with Gasteiger partial charge in [0.05, 0.1) is 0 Å². The van der Waals surface area contributed by atoms with Crippen LogP contribution in [-0.2, 0) is 0 Å². The molecule has 0 fully saturated rings. The molecule has 0 saturated heterocycles. The molecule has 1 atom stereocenters. The highest BCUT2D eigenvalue weighted by Gasteiger charge is 2.20. The average Bonchev–Trinajstić information content (AvgIpc) is 2.31.